The Hall–Kier alpha value is -0.0500. The molecule has 0 rings (SSSR count). The predicted molar refractivity (Wildman–Crippen MR) is 48.8 cm³/mol. The first-order chi connectivity index (χ1) is 5.06. The topological polar surface area (TPSA) is 26.3 Å². The van der Waals surface area contributed by atoms with E-state index in [9.17, 15) is 4.79 Å². The average Bonchev–Trinajstić information content (AvgIpc) is 1.84. The number of hydrogen-bond acceptors (Lipinski definition) is 2. The van der Waals surface area contributed by atoms with Crippen molar-refractivity contribution in [1.82, 2.24) is 0 Å². The van der Waals surface area contributed by atoms with Crippen LogP contribution in [0.3, 0.4) is 0 Å². The first-order valence-electron chi connectivity index (χ1n) is 3.79. The molecule has 0 bridgehead atoms. The molecule has 66 valence electrons. The van der Waals surface area contributed by atoms with Crippen LogP contribution in [0.5, 0.6) is 0 Å². The Morgan fingerprint density at radius 3 is 2.36 bits per heavy atom. The van der Waals surface area contributed by atoms with Crippen LogP contribution < -0.4 is 0 Å². The molecular formula is C8H15BrO2. The number of carbonyl (C=O) groups is 1. The first-order valence-corrected chi connectivity index (χ1v) is 4.91. The minimum atomic E-state index is -0.199. The molecule has 0 aromatic carbocycles. The lowest BCUT2D eigenvalue weighted by molar-refractivity contribution is -0.145. The molecule has 0 aliphatic heterocycles. The van der Waals surface area contributed by atoms with Crippen molar-refractivity contribution in [2.45, 2.75) is 33.3 Å². The summed E-state index contributed by atoms with van der Waals surface area (Å²) in [7, 11) is 0. The second kappa shape index (κ2) is 5.58. The molecule has 0 aliphatic rings. The van der Waals surface area contributed by atoms with E-state index >= 15 is 0 Å². The molecular weight excluding hydrogens is 208 g/mol. The maximum Gasteiger partial charge on any atom is 0.302 e. The van der Waals surface area contributed by atoms with Crippen molar-refractivity contribution in [3.8, 4) is 0 Å². The SMILES string of the molecule is CC(=O)O[C@H](CBr)CC(C)C. The smallest absolute Gasteiger partial charge is 0.302 e. The maximum absolute atomic E-state index is 10.6. The molecule has 0 heterocycles. The fourth-order valence-electron chi connectivity index (χ4n) is 0.903. The zero-order valence-electron chi connectivity index (χ0n) is 7.26. The van der Waals surface area contributed by atoms with E-state index in [1.54, 1.807) is 0 Å². The van der Waals surface area contributed by atoms with Gasteiger partial charge < -0.3 is 4.74 Å². The third-order valence-electron chi connectivity index (χ3n) is 1.24. The highest BCUT2D eigenvalue weighted by Crippen LogP contribution is 2.10. The lowest BCUT2D eigenvalue weighted by Crippen LogP contribution is -2.19. The van der Waals surface area contributed by atoms with Crippen molar-refractivity contribution < 1.29 is 9.53 Å². The van der Waals surface area contributed by atoms with Crippen LogP contribution in [0.4, 0.5) is 0 Å². The summed E-state index contributed by atoms with van der Waals surface area (Å²) in [5.74, 6) is 0.368. The number of ether oxygens (including phenoxy) is 1. The van der Waals surface area contributed by atoms with Gasteiger partial charge in [-0.3, -0.25) is 4.79 Å². The molecule has 0 spiro atoms. The highest BCUT2D eigenvalue weighted by atomic mass is 79.9. The number of hydrogen-bond donors (Lipinski definition) is 0. The van der Waals surface area contributed by atoms with Crippen LogP contribution in [-0.2, 0) is 9.53 Å². The summed E-state index contributed by atoms with van der Waals surface area (Å²) >= 11 is 3.30. The maximum atomic E-state index is 10.6. The Balaban J connectivity index is 3.66. The summed E-state index contributed by atoms with van der Waals surface area (Å²) in [5, 5.41) is 0.727. The summed E-state index contributed by atoms with van der Waals surface area (Å²) in [6, 6.07) is 0. The van der Waals surface area contributed by atoms with Crippen molar-refractivity contribution >= 4 is 21.9 Å². The van der Waals surface area contributed by atoms with Crippen LogP contribution in [-0.4, -0.2) is 17.4 Å². The van der Waals surface area contributed by atoms with Crippen molar-refractivity contribution in [2.75, 3.05) is 5.33 Å². The second-order valence-corrected chi connectivity index (χ2v) is 3.66. The van der Waals surface area contributed by atoms with Gasteiger partial charge in [-0.2, -0.15) is 0 Å². The molecule has 11 heavy (non-hydrogen) atoms. The third kappa shape index (κ3) is 6.35. The van der Waals surface area contributed by atoms with Crippen LogP contribution in [0.2, 0.25) is 0 Å². The molecule has 0 unspecified atom stereocenters. The van der Waals surface area contributed by atoms with Gasteiger partial charge in [-0.15, -0.1) is 0 Å². The monoisotopic (exact) mass is 222 g/mol. The van der Waals surface area contributed by atoms with Gasteiger partial charge in [-0.05, 0) is 12.3 Å². The molecule has 1 atom stereocenters. The molecule has 3 heteroatoms. The standard InChI is InChI=1S/C8H15BrO2/c1-6(2)4-8(5-9)11-7(3)10/h6,8H,4-5H2,1-3H3/t8-/m0/s1. The highest BCUT2D eigenvalue weighted by Gasteiger charge is 2.11. The van der Waals surface area contributed by atoms with Gasteiger partial charge in [0.1, 0.15) is 6.10 Å². The van der Waals surface area contributed by atoms with Crippen molar-refractivity contribution in [1.29, 1.82) is 0 Å². The van der Waals surface area contributed by atoms with Gasteiger partial charge in [-0.25, -0.2) is 0 Å². The Bertz CT molecular complexity index is 123. The first kappa shape index (κ1) is 11.0. The lowest BCUT2D eigenvalue weighted by Gasteiger charge is -2.15. The van der Waals surface area contributed by atoms with E-state index in [0.29, 0.717) is 5.92 Å². The Morgan fingerprint density at radius 2 is 2.09 bits per heavy atom. The molecule has 0 N–H and O–H groups in total. The summed E-state index contributed by atoms with van der Waals surface area (Å²) in [6.07, 6.45) is 0.956. The number of carbonyl (C=O) groups excluding carboxylic acids is 1. The zero-order chi connectivity index (χ0) is 8.85. The second-order valence-electron chi connectivity index (χ2n) is 3.02. The summed E-state index contributed by atoms with van der Waals surface area (Å²) in [4.78, 5) is 10.6. The van der Waals surface area contributed by atoms with E-state index in [4.69, 9.17) is 4.74 Å². The van der Waals surface area contributed by atoms with Gasteiger partial charge in [-0.1, -0.05) is 29.8 Å². The lowest BCUT2D eigenvalue weighted by atomic mass is 10.1. The fourth-order valence-corrected chi connectivity index (χ4v) is 1.30. The van der Waals surface area contributed by atoms with Crippen LogP contribution in [0.25, 0.3) is 0 Å². The van der Waals surface area contributed by atoms with Gasteiger partial charge >= 0.3 is 5.97 Å². The van der Waals surface area contributed by atoms with Gasteiger partial charge in [0.05, 0.1) is 0 Å². The van der Waals surface area contributed by atoms with Crippen molar-refractivity contribution in [3.05, 3.63) is 0 Å². The van der Waals surface area contributed by atoms with E-state index in [-0.39, 0.29) is 12.1 Å². The van der Waals surface area contributed by atoms with E-state index in [1.165, 1.54) is 6.92 Å². The number of halogens is 1. The van der Waals surface area contributed by atoms with Crippen LogP contribution in [0.1, 0.15) is 27.2 Å². The van der Waals surface area contributed by atoms with Gasteiger partial charge in [0.15, 0.2) is 0 Å². The largest absolute Gasteiger partial charge is 0.462 e. The fraction of sp³-hybridized carbons (Fsp3) is 0.875. The Morgan fingerprint density at radius 1 is 1.55 bits per heavy atom. The summed E-state index contributed by atoms with van der Waals surface area (Å²) in [5.41, 5.74) is 0. The number of esters is 1. The predicted octanol–water partition coefficient (Wildman–Crippen LogP) is 2.36. The minimum absolute atomic E-state index is 0.0347. The van der Waals surface area contributed by atoms with Crippen LogP contribution in [0, 0.1) is 5.92 Å². The Kier molecular flexibility index (Phi) is 5.56. The normalized spacial score (nSPS) is 13.2. The molecule has 0 aromatic rings. The molecule has 0 radical (unpaired) electrons. The molecule has 0 amide bonds. The van der Waals surface area contributed by atoms with Crippen molar-refractivity contribution in [2.24, 2.45) is 5.92 Å². The van der Waals surface area contributed by atoms with E-state index in [1.807, 2.05) is 0 Å². The average molecular weight is 223 g/mol. The molecule has 0 saturated carbocycles. The molecule has 0 aliphatic carbocycles. The summed E-state index contributed by atoms with van der Waals surface area (Å²) in [6.45, 7) is 5.66. The zero-order valence-corrected chi connectivity index (χ0v) is 8.85. The van der Waals surface area contributed by atoms with Gasteiger partial charge in [0.2, 0.25) is 0 Å². The molecule has 0 aromatic heterocycles. The highest BCUT2D eigenvalue weighted by molar-refractivity contribution is 9.09. The number of rotatable bonds is 4. The number of alkyl halides is 1. The van der Waals surface area contributed by atoms with E-state index in [0.717, 1.165) is 11.8 Å². The van der Waals surface area contributed by atoms with Gasteiger partial charge in [0, 0.05) is 12.3 Å². The molecule has 0 fully saturated rings. The molecule has 0 saturated heterocycles. The third-order valence-corrected chi connectivity index (χ3v) is 1.96. The van der Waals surface area contributed by atoms with Gasteiger partial charge in [0.25, 0.3) is 0 Å². The summed E-state index contributed by atoms with van der Waals surface area (Å²) < 4.78 is 5.02. The van der Waals surface area contributed by atoms with Crippen LogP contribution in [0.15, 0.2) is 0 Å². The Labute approximate surface area is 76.4 Å². The van der Waals surface area contributed by atoms with Crippen LogP contribution >= 0.6 is 15.9 Å². The minimum Gasteiger partial charge on any atom is -0.462 e. The van der Waals surface area contributed by atoms with Crippen molar-refractivity contribution in [3.63, 3.8) is 0 Å². The quantitative estimate of drug-likeness (QED) is 0.540. The van der Waals surface area contributed by atoms with E-state index < -0.39 is 0 Å². The molecule has 2 nitrogen and oxygen atoms in total. The van der Waals surface area contributed by atoms with E-state index in [2.05, 4.69) is 29.8 Å².